The number of benzene rings is 2. The maximum atomic E-state index is 14.9. The predicted molar refractivity (Wildman–Crippen MR) is 135 cm³/mol. The number of carbonyl (C=O) groups excluding carboxylic acids is 2. The van der Waals surface area contributed by atoms with Crippen molar-refractivity contribution in [2.45, 2.75) is 44.2 Å². The van der Waals surface area contributed by atoms with Gasteiger partial charge in [0.1, 0.15) is 17.3 Å². The molecule has 8 nitrogen and oxygen atoms in total. The maximum Gasteiger partial charge on any atom is 0.407 e. The van der Waals surface area contributed by atoms with E-state index >= 15 is 0 Å². The molecule has 0 spiro atoms. The number of ether oxygens (including phenoxy) is 1. The van der Waals surface area contributed by atoms with Crippen LogP contribution in [-0.4, -0.2) is 35.1 Å². The van der Waals surface area contributed by atoms with Crippen LogP contribution in [0.5, 0.6) is 0 Å². The Morgan fingerprint density at radius 1 is 1.17 bits per heavy atom. The van der Waals surface area contributed by atoms with E-state index in [-0.39, 0.29) is 29.9 Å². The van der Waals surface area contributed by atoms with Crippen LogP contribution < -0.4 is 16.4 Å². The number of nitrogens with two attached hydrogens (primary N) is 1. The summed E-state index contributed by atoms with van der Waals surface area (Å²) >= 11 is 5.97. The Kier molecular flexibility index (Phi) is 8.00. The fraction of sp³-hybridized carbons (Fsp3) is 0.308. The molecule has 0 bridgehead atoms. The van der Waals surface area contributed by atoms with Crippen LogP contribution in [0.4, 0.5) is 15.0 Å². The van der Waals surface area contributed by atoms with E-state index in [1.807, 2.05) is 6.07 Å². The van der Waals surface area contributed by atoms with E-state index in [9.17, 15) is 14.0 Å². The van der Waals surface area contributed by atoms with E-state index in [1.54, 1.807) is 30.5 Å². The monoisotopic (exact) mass is 511 g/mol. The van der Waals surface area contributed by atoms with Crippen molar-refractivity contribution in [3.8, 4) is 11.3 Å². The molecule has 0 aliphatic heterocycles. The largest absolute Gasteiger partial charge is 0.453 e. The van der Waals surface area contributed by atoms with Gasteiger partial charge in [-0.05, 0) is 55.5 Å². The number of methoxy groups -OCH3 is 1. The topological polar surface area (TPSA) is 119 Å². The molecule has 188 valence electrons. The van der Waals surface area contributed by atoms with E-state index in [4.69, 9.17) is 17.3 Å². The predicted octanol–water partition coefficient (Wildman–Crippen LogP) is 4.83. The zero-order valence-corrected chi connectivity index (χ0v) is 20.5. The summed E-state index contributed by atoms with van der Waals surface area (Å²) in [5.74, 6) is -0.896. The molecule has 0 radical (unpaired) electrons. The lowest BCUT2D eigenvalue weighted by Crippen LogP contribution is -2.37. The first-order valence-corrected chi connectivity index (χ1v) is 12.0. The Bertz CT molecular complexity index is 1260. The highest BCUT2D eigenvalue weighted by molar-refractivity contribution is 6.30. The highest BCUT2D eigenvalue weighted by Crippen LogP contribution is 2.34. The molecule has 0 unspecified atom stereocenters. The summed E-state index contributed by atoms with van der Waals surface area (Å²) in [4.78, 5) is 33.0. The lowest BCUT2D eigenvalue weighted by atomic mass is 9.84. The Morgan fingerprint density at radius 3 is 2.64 bits per heavy atom. The SMILES string of the molecule is COC(=O)NC1CCC(c2cnc(N)c(-c3ccc(C(=O)NCc4cccc(Cl)c4)c(F)c3)n2)CC1. The van der Waals surface area contributed by atoms with E-state index in [1.165, 1.54) is 19.2 Å². The van der Waals surface area contributed by atoms with Gasteiger partial charge in [-0.1, -0.05) is 29.8 Å². The van der Waals surface area contributed by atoms with Crippen molar-refractivity contribution in [1.29, 1.82) is 0 Å². The average Bonchev–Trinajstić information content (AvgIpc) is 2.88. The van der Waals surface area contributed by atoms with Gasteiger partial charge in [-0.3, -0.25) is 4.79 Å². The third-order valence-corrected chi connectivity index (χ3v) is 6.54. The third-order valence-electron chi connectivity index (χ3n) is 6.30. The lowest BCUT2D eigenvalue weighted by Gasteiger charge is -2.28. The number of hydrogen-bond acceptors (Lipinski definition) is 6. The molecule has 10 heteroatoms. The third kappa shape index (κ3) is 6.09. The maximum absolute atomic E-state index is 14.9. The normalized spacial score (nSPS) is 17.3. The highest BCUT2D eigenvalue weighted by Gasteiger charge is 2.25. The number of rotatable bonds is 6. The van der Waals surface area contributed by atoms with Gasteiger partial charge in [-0.2, -0.15) is 0 Å². The lowest BCUT2D eigenvalue weighted by molar-refractivity contribution is 0.0947. The Hall–Kier alpha value is -3.72. The van der Waals surface area contributed by atoms with E-state index < -0.39 is 17.8 Å². The molecule has 1 aliphatic rings. The minimum atomic E-state index is -0.683. The fourth-order valence-corrected chi connectivity index (χ4v) is 4.56. The number of amides is 2. The summed E-state index contributed by atoms with van der Waals surface area (Å²) < 4.78 is 19.6. The standard InChI is InChI=1S/C26H27ClFN5O3/c1-36-26(35)32-19-8-5-16(6-9-19)22-14-30-24(29)23(33-22)17-7-10-20(21(28)12-17)25(34)31-13-15-3-2-4-18(27)11-15/h2-4,7,10-12,14,16,19H,5-6,8-9,13H2,1H3,(H2,29,30)(H,31,34)(H,32,35). The van der Waals surface area contributed by atoms with E-state index in [2.05, 4.69) is 25.3 Å². The van der Waals surface area contributed by atoms with Crippen molar-refractivity contribution >= 4 is 29.4 Å². The molecule has 1 heterocycles. The second-order valence-electron chi connectivity index (χ2n) is 8.72. The van der Waals surface area contributed by atoms with Gasteiger partial charge in [-0.25, -0.2) is 19.2 Å². The zero-order valence-electron chi connectivity index (χ0n) is 19.8. The summed E-state index contributed by atoms with van der Waals surface area (Å²) in [5.41, 5.74) is 8.36. The van der Waals surface area contributed by atoms with Crippen LogP contribution in [0.2, 0.25) is 5.02 Å². The van der Waals surface area contributed by atoms with E-state index in [0.717, 1.165) is 36.9 Å². The summed E-state index contributed by atoms with van der Waals surface area (Å²) in [5, 5.41) is 6.09. The molecule has 2 aromatic carbocycles. The van der Waals surface area contributed by atoms with Crippen LogP contribution in [0.25, 0.3) is 11.3 Å². The summed E-state index contributed by atoms with van der Waals surface area (Å²) in [6.07, 6.45) is 4.41. The smallest absolute Gasteiger partial charge is 0.407 e. The quantitative estimate of drug-likeness (QED) is 0.436. The number of nitrogens with one attached hydrogen (secondary N) is 2. The van der Waals surface area contributed by atoms with Gasteiger partial charge in [-0.15, -0.1) is 0 Å². The van der Waals surface area contributed by atoms with Crippen LogP contribution in [0.1, 0.15) is 53.2 Å². The van der Waals surface area contributed by atoms with E-state index in [0.29, 0.717) is 16.3 Å². The number of alkyl carbamates (subject to hydrolysis) is 1. The summed E-state index contributed by atoms with van der Waals surface area (Å²) in [6, 6.07) is 11.4. The Morgan fingerprint density at radius 2 is 1.94 bits per heavy atom. The van der Waals surface area contributed by atoms with Gasteiger partial charge in [0.2, 0.25) is 0 Å². The highest BCUT2D eigenvalue weighted by atomic mass is 35.5. The zero-order chi connectivity index (χ0) is 25.7. The van der Waals surface area contributed by atoms with Crippen LogP contribution in [0, 0.1) is 5.82 Å². The number of nitrogens with zero attached hydrogens (tertiary/aromatic N) is 2. The minimum absolute atomic E-state index is 0.0570. The molecular weight excluding hydrogens is 485 g/mol. The summed E-state index contributed by atoms with van der Waals surface area (Å²) in [6.45, 7) is 0.221. The molecule has 1 aromatic heterocycles. The van der Waals surface area contributed by atoms with Crippen LogP contribution >= 0.6 is 11.6 Å². The number of hydrogen-bond donors (Lipinski definition) is 3. The first-order valence-electron chi connectivity index (χ1n) is 11.6. The number of anilines is 1. The first kappa shape index (κ1) is 25.4. The van der Waals surface area contributed by atoms with Gasteiger partial charge in [0.15, 0.2) is 0 Å². The molecule has 1 fully saturated rings. The van der Waals surface area contributed by atoms with Gasteiger partial charge in [0, 0.05) is 29.1 Å². The molecule has 2 amide bonds. The first-order chi connectivity index (χ1) is 17.3. The second kappa shape index (κ2) is 11.3. The van der Waals surface area contributed by atoms with Gasteiger partial charge in [0.25, 0.3) is 5.91 Å². The fourth-order valence-electron chi connectivity index (χ4n) is 4.35. The molecule has 0 atom stereocenters. The van der Waals surface area contributed by atoms with Crippen LogP contribution in [-0.2, 0) is 11.3 Å². The van der Waals surface area contributed by atoms with Gasteiger partial charge >= 0.3 is 6.09 Å². The van der Waals surface area contributed by atoms with Gasteiger partial charge in [0.05, 0.1) is 24.6 Å². The molecule has 1 saturated carbocycles. The number of halogens is 2. The Balaban J connectivity index is 1.45. The summed E-state index contributed by atoms with van der Waals surface area (Å²) in [7, 11) is 1.34. The van der Waals surface area contributed by atoms with Crippen LogP contribution in [0.3, 0.4) is 0 Å². The average molecular weight is 512 g/mol. The Labute approximate surface area is 213 Å². The second-order valence-corrected chi connectivity index (χ2v) is 9.16. The van der Waals surface area contributed by atoms with Crippen LogP contribution in [0.15, 0.2) is 48.7 Å². The van der Waals surface area contributed by atoms with Crippen molar-refractivity contribution < 1.29 is 18.7 Å². The molecule has 4 N–H and O–H groups in total. The number of aromatic nitrogens is 2. The van der Waals surface area contributed by atoms with Gasteiger partial charge < -0.3 is 21.1 Å². The number of carbonyl (C=O) groups is 2. The molecular formula is C26H27ClFN5O3. The van der Waals surface area contributed by atoms with Crippen molar-refractivity contribution in [1.82, 2.24) is 20.6 Å². The van der Waals surface area contributed by atoms with Crippen molar-refractivity contribution in [3.05, 3.63) is 76.3 Å². The van der Waals surface area contributed by atoms with Crippen molar-refractivity contribution in [2.24, 2.45) is 0 Å². The van der Waals surface area contributed by atoms with Crippen molar-refractivity contribution in [2.75, 3.05) is 12.8 Å². The molecule has 1 aliphatic carbocycles. The minimum Gasteiger partial charge on any atom is -0.453 e. The molecule has 3 aromatic rings. The molecule has 36 heavy (non-hydrogen) atoms. The van der Waals surface area contributed by atoms with Crippen molar-refractivity contribution in [3.63, 3.8) is 0 Å². The molecule has 0 saturated heterocycles. The number of nitrogen functional groups attached to an aromatic ring is 1. The molecule has 4 rings (SSSR count).